The molecule has 2 aromatic carbocycles. The zero-order valence-electron chi connectivity index (χ0n) is 15.1. The Morgan fingerprint density at radius 1 is 0.929 bits per heavy atom. The fourth-order valence-electron chi connectivity index (χ4n) is 2.40. The van der Waals surface area contributed by atoms with E-state index in [9.17, 15) is 9.59 Å². The van der Waals surface area contributed by atoms with E-state index in [-0.39, 0.29) is 17.5 Å². The first-order valence-corrected chi connectivity index (χ1v) is 8.87. The molecule has 0 fully saturated rings. The number of halogens is 1. The Kier molecular flexibility index (Phi) is 6.18. The smallest absolute Gasteiger partial charge is 0.275 e. The van der Waals surface area contributed by atoms with Crippen molar-refractivity contribution in [3.05, 3.63) is 77.2 Å². The maximum atomic E-state index is 12.3. The number of carbonyl (C=O) groups is 2. The Hall–Kier alpha value is -3.45. The van der Waals surface area contributed by atoms with Crippen molar-refractivity contribution in [2.45, 2.75) is 13.5 Å². The van der Waals surface area contributed by atoms with E-state index in [1.807, 2.05) is 24.3 Å². The first-order valence-electron chi connectivity index (χ1n) is 8.49. The Labute approximate surface area is 167 Å². The number of hydrogen-bond acceptors (Lipinski definition) is 5. The number of carbonyl (C=O) groups excluding carboxylic acids is 2. The van der Waals surface area contributed by atoms with Gasteiger partial charge in [0.05, 0.1) is 12.4 Å². The third-order valence-electron chi connectivity index (χ3n) is 3.77. The zero-order chi connectivity index (χ0) is 19.9. The number of amides is 2. The van der Waals surface area contributed by atoms with Crippen LogP contribution in [0.1, 0.15) is 23.0 Å². The van der Waals surface area contributed by atoms with Crippen LogP contribution >= 0.6 is 11.6 Å². The minimum absolute atomic E-state index is 0.157. The van der Waals surface area contributed by atoms with E-state index in [1.165, 1.54) is 19.3 Å². The number of aromatic nitrogens is 2. The van der Waals surface area contributed by atoms with Gasteiger partial charge in [-0.05, 0) is 35.9 Å². The van der Waals surface area contributed by atoms with Crippen LogP contribution < -0.4 is 16.0 Å². The quantitative estimate of drug-likeness (QED) is 0.587. The van der Waals surface area contributed by atoms with E-state index in [0.29, 0.717) is 28.8 Å². The zero-order valence-corrected chi connectivity index (χ0v) is 15.8. The molecule has 0 radical (unpaired) electrons. The highest BCUT2D eigenvalue weighted by atomic mass is 35.5. The summed E-state index contributed by atoms with van der Waals surface area (Å²) in [6.45, 7) is 1.93. The van der Waals surface area contributed by atoms with Gasteiger partial charge < -0.3 is 16.0 Å². The molecule has 3 aromatic rings. The monoisotopic (exact) mass is 395 g/mol. The van der Waals surface area contributed by atoms with Crippen LogP contribution in [0.2, 0.25) is 5.02 Å². The van der Waals surface area contributed by atoms with Crippen LogP contribution in [0.5, 0.6) is 0 Å². The second-order valence-electron chi connectivity index (χ2n) is 5.94. The van der Waals surface area contributed by atoms with Gasteiger partial charge in [-0.15, -0.1) is 0 Å². The molecule has 2 amide bonds. The van der Waals surface area contributed by atoms with Crippen LogP contribution in [0.15, 0.2) is 60.9 Å². The van der Waals surface area contributed by atoms with Crippen LogP contribution in [0.3, 0.4) is 0 Å². The Bertz CT molecular complexity index is 975. The number of anilines is 3. The predicted molar refractivity (Wildman–Crippen MR) is 110 cm³/mol. The maximum Gasteiger partial charge on any atom is 0.275 e. The minimum Gasteiger partial charge on any atom is -0.365 e. The van der Waals surface area contributed by atoms with E-state index in [0.717, 1.165) is 5.56 Å². The van der Waals surface area contributed by atoms with E-state index in [4.69, 9.17) is 11.6 Å². The molecule has 0 spiro atoms. The highest BCUT2D eigenvalue weighted by Gasteiger charge is 2.09. The first kappa shape index (κ1) is 19.3. The van der Waals surface area contributed by atoms with Crippen molar-refractivity contribution in [1.82, 2.24) is 9.97 Å². The van der Waals surface area contributed by atoms with Gasteiger partial charge in [-0.25, -0.2) is 9.97 Å². The summed E-state index contributed by atoms with van der Waals surface area (Å²) in [6, 6.07) is 14.3. The molecule has 0 bridgehead atoms. The summed E-state index contributed by atoms with van der Waals surface area (Å²) in [4.78, 5) is 31.7. The van der Waals surface area contributed by atoms with Crippen molar-refractivity contribution in [2.24, 2.45) is 0 Å². The van der Waals surface area contributed by atoms with Crippen LogP contribution in [-0.4, -0.2) is 21.8 Å². The van der Waals surface area contributed by atoms with Crippen molar-refractivity contribution in [2.75, 3.05) is 16.0 Å². The maximum absolute atomic E-state index is 12.3. The molecular weight excluding hydrogens is 378 g/mol. The average molecular weight is 396 g/mol. The lowest BCUT2D eigenvalue weighted by atomic mass is 10.2. The summed E-state index contributed by atoms with van der Waals surface area (Å²) in [5.41, 5.74) is 2.37. The van der Waals surface area contributed by atoms with Crippen molar-refractivity contribution in [1.29, 1.82) is 0 Å². The average Bonchev–Trinajstić information content (AvgIpc) is 2.69. The van der Waals surface area contributed by atoms with Gasteiger partial charge in [0.2, 0.25) is 5.91 Å². The lowest BCUT2D eigenvalue weighted by Gasteiger charge is -2.08. The van der Waals surface area contributed by atoms with Gasteiger partial charge in [0.25, 0.3) is 5.91 Å². The van der Waals surface area contributed by atoms with Crippen molar-refractivity contribution in [3.8, 4) is 0 Å². The lowest BCUT2D eigenvalue weighted by molar-refractivity contribution is -0.114. The molecule has 1 aromatic heterocycles. The van der Waals surface area contributed by atoms with Crippen LogP contribution in [0.4, 0.5) is 17.2 Å². The van der Waals surface area contributed by atoms with Crippen molar-refractivity contribution < 1.29 is 9.59 Å². The predicted octanol–water partition coefficient (Wildman–Crippen LogP) is 3.95. The van der Waals surface area contributed by atoms with E-state index in [2.05, 4.69) is 25.9 Å². The second kappa shape index (κ2) is 8.96. The van der Waals surface area contributed by atoms with Gasteiger partial charge in [-0.2, -0.15) is 0 Å². The third-order valence-corrected chi connectivity index (χ3v) is 4.13. The minimum atomic E-state index is -0.377. The normalized spacial score (nSPS) is 10.2. The molecule has 7 nitrogen and oxygen atoms in total. The first-order chi connectivity index (χ1) is 13.5. The summed E-state index contributed by atoms with van der Waals surface area (Å²) in [6.07, 6.45) is 2.89. The second-order valence-corrected chi connectivity index (χ2v) is 6.35. The number of nitrogens with one attached hydrogen (secondary N) is 3. The summed E-state index contributed by atoms with van der Waals surface area (Å²) in [5.74, 6) is 0.00357. The molecule has 3 rings (SSSR count). The molecule has 0 aliphatic heterocycles. The number of rotatable bonds is 6. The Morgan fingerprint density at radius 3 is 2.21 bits per heavy atom. The molecule has 1 heterocycles. The summed E-state index contributed by atoms with van der Waals surface area (Å²) < 4.78 is 0. The van der Waals surface area contributed by atoms with E-state index < -0.39 is 0 Å². The number of benzene rings is 2. The van der Waals surface area contributed by atoms with Crippen LogP contribution in [-0.2, 0) is 11.3 Å². The van der Waals surface area contributed by atoms with Crippen molar-refractivity contribution >= 4 is 40.6 Å². The Balaban J connectivity index is 1.57. The molecule has 142 valence electrons. The highest BCUT2D eigenvalue weighted by Crippen LogP contribution is 2.17. The van der Waals surface area contributed by atoms with Gasteiger partial charge in [0.1, 0.15) is 11.5 Å². The number of hydrogen-bond donors (Lipinski definition) is 3. The van der Waals surface area contributed by atoms with E-state index in [1.54, 1.807) is 24.3 Å². The van der Waals surface area contributed by atoms with Gasteiger partial charge in [0.15, 0.2) is 0 Å². The SMILES string of the molecule is CC(=O)Nc1ccc(NC(=O)c2cnc(NCc3ccccc3Cl)cn2)cc1. The molecule has 0 aliphatic carbocycles. The Morgan fingerprint density at radius 2 is 1.61 bits per heavy atom. The summed E-state index contributed by atoms with van der Waals surface area (Å²) in [5, 5.41) is 9.18. The molecule has 8 heteroatoms. The lowest BCUT2D eigenvalue weighted by Crippen LogP contribution is -2.14. The molecule has 0 saturated carbocycles. The topological polar surface area (TPSA) is 96.0 Å². The van der Waals surface area contributed by atoms with Gasteiger partial charge >= 0.3 is 0 Å². The van der Waals surface area contributed by atoms with Gasteiger partial charge in [-0.3, -0.25) is 9.59 Å². The molecule has 0 aliphatic rings. The molecule has 0 unspecified atom stereocenters. The molecule has 3 N–H and O–H groups in total. The van der Waals surface area contributed by atoms with Crippen molar-refractivity contribution in [3.63, 3.8) is 0 Å². The fraction of sp³-hybridized carbons (Fsp3) is 0.100. The molecular formula is C20H18ClN5O2. The standard InChI is InChI=1S/C20H18ClN5O2/c1-13(27)25-15-6-8-16(9-7-15)26-20(28)18-11-24-19(12-22-18)23-10-14-4-2-3-5-17(14)21/h2-9,11-12H,10H2,1H3,(H,23,24)(H,25,27)(H,26,28). The highest BCUT2D eigenvalue weighted by molar-refractivity contribution is 6.31. The molecule has 0 saturated heterocycles. The largest absolute Gasteiger partial charge is 0.365 e. The summed E-state index contributed by atoms with van der Waals surface area (Å²) in [7, 11) is 0. The fourth-order valence-corrected chi connectivity index (χ4v) is 2.60. The van der Waals surface area contributed by atoms with Crippen LogP contribution in [0.25, 0.3) is 0 Å². The van der Waals surface area contributed by atoms with Gasteiger partial charge in [0, 0.05) is 29.9 Å². The van der Waals surface area contributed by atoms with Crippen LogP contribution in [0, 0.1) is 0 Å². The number of nitrogens with zero attached hydrogens (tertiary/aromatic N) is 2. The summed E-state index contributed by atoms with van der Waals surface area (Å²) >= 11 is 6.12. The third kappa shape index (κ3) is 5.28. The van der Waals surface area contributed by atoms with Gasteiger partial charge in [-0.1, -0.05) is 29.8 Å². The molecule has 0 atom stereocenters. The van der Waals surface area contributed by atoms with E-state index >= 15 is 0 Å². The molecule has 28 heavy (non-hydrogen) atoms.